The molecule has 0 spiro atoms. The number of hydrogen-bond acceptors (Lipinski definition) is 7. The van der Waals surface area contributed by atoms with Crippen LogP contribution in [-0.4, -0.2) is 60.3 Å². The Hall–Kier alpha value is -4.16. The van der Waals surface area contributed by atoms with Crippen molar-refractivity contribution in [2.45, 2.75) is 25.1 Å². The molecule has 5 rings (SSSR count). The Balaban J connectivity index is 1.43. The van der Waals surface area contributed by atoms with Crippen LogP contribution in [0.2, 0.25) is 0 Å². The first kappa shape index (κ1) is 25.5. The minimum absolute atomic E-state index is 0.160. The number of benzene rings is 2. The molecule has 0 aliphatic heterocycles. The van der Waals surface area contributed by atoms with Crippen molar-refractivity contribution in [1.29, 1.82) is 0 Å². The fraction of sp³-hybridized carbons (Fsp3) is 0.231. The molecule has 0 bridgehead atoms. The van der Waals surface area contributed by atoms with Crippen LogP contribution in [0.25, 0.3) is 16.2 Å². The molecular formula is C26H24F2N6O3S. The van der Waals surface area contributed by atoms with Crippen molar-refractivity contribution < 1.29 is 23.4 Å². The Morgan fingerprint density at radius 1 is 1.21 bits per heavy atom. The van der Waals surface area contributed by atoms with Gasteiger partial charge in [0.2, 0.25) is 0 Å². The van der Waals surface area contributed by atoms with E-state index in [0.29, 0.717) is 15.9 Å². The summed E-state index contributed by atoms with van der Waals surface area (Å²) in [5, 5.41) is 15.8. The lowest BCUT2D eigenvalue weighted by Gasteiger charge is -2.39. The number of aromatic nitrogens is 5. The molecule has 2 aromatic carbocycles. The summed E-state index contributed by atoms with van der Waals surface area (Å²) in [5.74, 6) is -1.36. The van der Waals surface area contributed by atoms with Gasteiger partial charge in [-0.15, -0.1) is 0 Å². The number of amides is 1. The lowest BCUT2D eigenvalue weighted by atomic mass is 9.85. The molecule has 2 atom stereocenters. The van der Waals surface area contributed by atoms with E-state index in [2.05, 4.69) is 15.1 Å². The smallest absolute Gasteiger partial charge is 0.265 e. The number of nitrogens with zero attached hydrogens (tertiary/aromatic N) is 6. The number of carbonyl (C=O) groups excluding carboxylic acids is 1. The third kappa shape index (κ3) is 4.63. The molecule has 3 aromatic heterocycles. The lowest BCUT2D eigenvalue weighted by Crippen LogP contribution is -2.52. The number of hydrogen-bond donors (Lipinski definition) is 1. The van der Waals surface area contributed by atoms with Gasteiger partial charge in [0.15, 0.2) is 4.96 Å². The summed E-state index contributed by atoms with van der Waals surface area (Å²) < 4.78 is 36.8. The number of halogens is 2. The van der Waals surface area contributed by atoms with Crippen molar-refractivity contribution in [3.8, 4) is 17.0 Å². The lowest BCUT2D eigenvalue weighted by molar-refractivity contribution is -0.0499. The fourth-order valence-electron chi connectivity index (χ4n) is 4.31. The molecular weight excluding hydrogens is 514 g/mol. The molecule has 0 aliphatic carbocycles. The summed E-state index contributed by atoms with van der Waals surface area (Å²) in [5.41, 5.74) is -0.463. The second-order valence-electron chi connectivity index (χ2n) is 8.87. The molecule has 0 aliphatic rings. The number of aliphatic hydroxyl groups is 1. The molecule has 0 fully saturated rings. The van der Waals surface area contributed by atoms with Crippen LogP contribution in [0.1, 0.15) is 22.2 Å². The van der Waals surface area contributed by atoms with Crippen molar-refractivity contribution in [2.24, 2.45) is 0 Å². The van der Waals surface area contributed by atoms with Crippen LogP contribution in [0.5, 0.6) is 5.75 Å². The van der Waals surface area contributed by atoms with E-state index in [4.69, 9.17) is 4.74 Å². The summed E-state index contributed by atoms with van der Waals surface area (Å²) in [6, 6.07) is 9.49. The molecule has 0 radical (unpaired) electrons. The Bertz CT molecular complexity index is 1550. The van der Waals surface area contributed by atoms with Crippen LogP contribution in [0.15, 0.2) is 67.5 Å². The van der Waals surface area contributed by atoms with E-state index in [1.54, 1.807) is 24.6 Å². The maximum Gasteiger partial charge on any atom is 0.265 e. The molecule has 1 amide bonds. The molecule has 0 saturated heterocycles. The number of imidazole rings is 1. The topological polar surface area (TPSA) is 97.8 Å². The molecule has 3 heterocycles. The van der Waals surface area contributed by atoms with Gasteiger partial charge in [-0.1, -0.05) is 17.4 Å². The van der Waals surface area contributed by atoms with Crippen LogP contribution in [0.4, 0.5) is 8.78 Å². The standard InChI is InChI=1S/C26H24F2N6O3S/c1-16(26(36,13-34-15-29-14-30-34)20-9-6-18(27)10-21(20)28)32(2)24(35)23-12-33-11-22(31-25(33)38-23)17-4-7-19(37-3)8-5-17/h4-12,14-16,36H,13H2,1-3H3/t16-,26-/m1/s1. The Morgan fingerprint density at radius 2 is 1.97 bits per heavy atom. The number of thiazole rings is 1. The van der Waals surface area contributed by atoms with Crippen LogP contribution in [-0.2, 0) is 12.1 Å². The highest BCUT2D eigenvalue weighted by Gasteiger charge is 2.43. The number of likely N-dealkylation sites (N-methyl/N-ethyl adjacent to an activating group) is 1. The third-order valence-corrected chi connectivity index (χ3v) is 7.60. The van der Waals surface area contributed by atoms with Crippen LogP contribution in [0.3, 0.4) is 0 Å². The van der Waals surface area contributed by atoms with Gasteiger partial charge in [0.05, 0.1) is 25.4 Å². The van der Waals surface area contributed by atoms with Gasteiger partial charge in [0, 0.05) is 36.6 Å². The van der Waals surface area contributed by atoms with Crippen LogP contribution >= 0.6 is 11.3 Å². The maximum atomic E-state index is 14.9. The first-order chi connectivity index (χ1) is 18.2. The summed E-state index contributed by atoms with van der Waals surface area (Å²) in [4.78, 5) is 24.3. The molecule has 5 aromatic rings. The molecule has 38 heavy (non-hydrogen) atoms. The van der Waals surface area contributed by atoms with Gasteiger partial charge in [-0.3, -0.25) is 9.20 Å². The van der Waals surface area contributed by atoms with E-state index in [0.717, 1.165) is 23.1 Å². The van der Waals surface area contributed by atoms with E-state index in [1.807, 2.05) is 30.5 Å². The van der Waals surface area contributed by atoms with Crippen molar-refractivity contribution in [2.75, 3.05) is 14.2 Å². The van der Waals surface area contributed by atoms with Crippen molar-refractivity contribution in [1.82, 2.24) is 29.0 Å². The Kier molecular flexibility index (Phi) is 6.67. The zero-order valence-electron chi connectivity index (χ0n) is 20.7. The number of rotatable bonds is 8. The third-order valence-electron chi connectivity index (χ3n) is 6.61. The SMILES string of the molecule is COc1ccc(-c2cn3cc(C(=O)N(C)[C@H](C)[C@](O)(Cn4cncn4)c4ccc(F)cc4F)sc3n2)cc1. The molecule has 12 heteroatoms. The first-order valence-electron chi connectivity index (χ1n) is 11.6. The minimum atomic E-state index is -1.95. The highest BCUT2D eigenvalue weighted by Crippen LogP contribution is 2.34. The number of ether oxygens (including phenoxy) is 1. The molecule has 9 nitrogen and oxygen atoms in total. The number of methoxy groups -OCH3 is 1. The van der Waals surface area contributed by atoms with Gasteiger partial charge >= 0.3 is 0 Å². The minimum Gasteiger partial charge on any atom is -0.497 e. The molecule has 196 valence electrons. The molecule has 0 saturated carbocycles. The monoisotopic (exact) mass is 538 g/mol. The normalized spacial score (nSPS) is 13.8. The van der Waals surface area contributed by atoms with Gasteiger partial charge in [0.1, 0.15) is 40.5 Å². The van der Waals surface area contributed by atoms with Gasteiger partial charge in [-0.25, -0.2) is 23.4 Å². The largest absolute Gasteiger partial charge is 0.497 e. The predicted octanol–water partition coefficient (Wildman–Crippen LogP) is 3.99. The van der Waals surface area contributed by atoms with Gasteiger partial charge in [-0.2, -0.15) is 5.10 Å². The Morgan fingerprint density at radius 3 is 2.61 bits per heavy atom. The van der Waals surface area contributed by atoms with E-state index in [-0.39, 0.29) is 12.1 Å². The summed E-state index contributed by atoms with van der Waals surface area (Å²) in [7, 11) is 3.12. The predicted molar refractivity (Wildman–Crippen MR) is 137 cm³/mol. The second kappa shape index (κ2) is 9.95. The number of carbonyl (C=O) groups is 1. The Labute approximate surface area is 220 Å². The van der Waals surface area contributed by atoms with Gasteiger partial charge in [0.25, 0.3) is 5.91 Å². The summed E-state index contributed by atoms with van der Waals surface area (Å²) >= 11 is 1.19. The maximum absolute atomic E-state index is 14.9. The highest BCUT2D eigenvalue weighted by atomic mass is 32.1. The van der Waals surface area contributed by atoms with Gasteiger partial charge < -0.3 is 14.7 Å². The van der Waals surface area contributed by atoms with Crippen molar-refractivity contribution >= 4 is 22.2 Å². The van der Waals surface area contributed by atoms with Crippen molar-refractivity contribution in [3.63, 3.8) is 0 Å². The zero-order chi connectivity index (χ0) is 27.0. The van der Waals surface area contributed by atoms with Gasteiger partial charge in [-0.05, 0) is 37.3 Å². The van der Waals surface area contributed by atoms with E-state index in [9.17, 15) is 18.7 Å². The van der Waals surface area contributed by atoms with E-state index >= 15 is 0 Å². The van der Waals surface area contributed by atoms with Crippen LogP contribution < -0.4 is 4.74 Å². The quantitative estimate of drug-likeness (QED) is 0.321. The zero-order valence-corrected chi connectivity index (χ0v) is 21.6. The summed E-state index contributed by atoms with van der Waals surface area (Å²) in [6.45, 7) is 1.38. The number of fused-ring (bicyclic) bond motifs is 1. The van der Waals surface area contributed by atoms with Crippen molar-refractivity contribution in [3.05, 3.63) is 89.6 Å². The van der Waals surface area contributed by atoms with Crippen LogP contribution in [0, 0.1) is 11.6 Å². The fourth-order valence-corrected chi connectivity index (χ4v) is 5.26. The average Bonchev–Trinajstić information content (AvgIpc) is 3.64. The van der Waals surface area contributed by atoms with E-state index < -0.39 is 29.2 Å². The molecule has 1 N–H and O–H groups in total. The average molecular weight is 539 g/mol. The van der Waals surface area contributed by atoms with E-state index in [1.165, 1.54) is 46.7 Å². The highest BCUT2D eigenvalue weighted by molar-refractivity contribution is 7.18. The molecule has 0 unspecified atom stereocenters. The summed E-state index contributed by atoms with van der Waals surface area (Å²) in [6.07, 6.45) is 6.14. The first-order valence-corrected chi connectivity index (χ1v) is 12.4. The second-order valence-corrected chi connectivity index (χ2v) is 9.88.